The summed E-state index contributed by atoms with van der Waals surface area (Å²) < 4.78 is 0. The van der Waals surface area contributed by atoms with E-state index in [9.17, 15) is 9.59 Å². The van der Waals surface area contributed by atoms with E-state index in [-0.39, 0.29) is 48.4 Å². The van der Waals surface area contributed by atoms with Gasteiger partial charge in [0.1, 0.15) is 6.54 Å². The Morgan fingerprint density at radius 1 is 0.931 bits per heavy atom. The molecule has 1 unspecified atom stereocenters. The maximum Gasteiger partial charge on any atom is 0.244 e. The minimum Gasteiger partial charge on any atom is -0.357 e. The Kier molecular flexibility index (Phi) is 10.5. The predicted molar refractivity (Wildman–Crippen MR) is 127 cm³/mol. The smallest absolute Gasteiger partial charge is 0.244 e. The van der Waals surface area contributed by atoms with E-state index in [0.29, 0.717) is 11.9 Å². The number of halogens is 1. The second-order valence-corrected chi connectivity index (χ2v) is 8.39. The summed E-state index contributed by atoms with van der Waals surface area (Å²) in [5, 5.41) is 6.68. The number of hydrogen-bond acceptors (Lipinski definition) is 3. The van der Waals surface area contributed by atoms with Gasteiger partial charge in [-0.1, -0.05) is 19.3 Å². The Balaban J connectivity index is 0.00000300. The van der Waals surface area contributed by atoms with Crippen LogP contribution >= 0.6 is 24.0 Å². The number of likely N-dealkylation sites (tertiary alicyclic amines) is 2. The fourth-order valence-electron chi connectivity index (χ4n) is 4.59. The molecule has 0 aromatic heterocycles. The van der Waals surface area contributed by atoms with Crippen LogP contribution in [0.15, 0.2) is 4.99 Å². The molecule has 1 aliphatic carbocycles. The number of carbonyl (C=O) groups is 2. The van der Waals surface area contributed by atoms with Crippen molar-refractivity contribution < 1.29 is 9.59 Å². The third-order valence-corrected chi connectivity index (χ3v) is 6.22. The Hall–Kier alpha value is -1.06. The van der Waals surface area contributed by atoms with Gasteiger partial charge in [0.2, 0.25) is 11.8 Å². The lowest BCUT2D eigenvalue weighted by Gasteiger charge is -2.27. The van der Waals surface area contributed by atoms with Crippen molar-refractivity contribution in [1.82, 2.24) is 20.4 Å². The van der Waals surface area contributed by atoms with Crippen molar-refractivity contribution in [2.45, 2.75) is 70.8 Å². The molecule has 0 radical (unpaired) electrons. The molecular weight excluding hydrogens is 481 g/mol. The standard InChI is InChI=1S/C21H37N5O2.HI/c1-2-22-21(23-15-19(27)25-12-7-4-8-13-25)24-18-11-14-26(16-18)20(28)17-9-5-3-6-10-17;/h17-18H,2-16H2,1H3,(H2,22,23,24);1H. The summed E-state index contributed by atoms with van der Waals surface area (Å²) in [7, 11) is 0. The highest BCUT2D eigenvalue weighted by atomic mass is 127. The molecular formula is C21H38IN5O2. The molecule has 1 atom stereocenters. The van der Waals surface area contributed by atoms with Gasteiger partial charge in [0.25, 0.3) is 0 Å². The molecule has 166 valence electrons. The van der Waals surface area contributed by atoms with E-state index < -0.39 is 0 Å². The Morgan fingerprint density at radius 2 is 1.62 bits per heavy atom. The van der Waals surface area contributed by atoms with Gasteiger partial charge in [-0.05, 0) is 45.4 Å². The van der Waals surface area contributed by atoms with Gasteiger partial charge in [0.05, 0.1) is 0 Å². The van der Waals surface area contributed by atoms with Gasteiger partial charge < -0.3 is 20.4 Å². The Bertz CT molecular complexity index is 559. The Morgan fingerprint density at radius 3 is 2.31 bits per heavy atom. The number of nitrogens with zero attached hydrogens (tertiary/aromatic N) is 3. The van der Waals surface area contributed by atoms with Crippen molar-refractivity contribution in [3.05, 3.63) is 0 Å². The lowest BCUT2D eigenvalue weighted by atomic mass is 9.88. The van der Waals surface area contributed by atoms with Crippen LogP contribution in [0.3, 0.4) is 0 Å². The SMILES string of the molecule is CCNC(=NCC(=O)N1CCCCC1)NC1CCN(C(=O)C2CCCCC2)C1.I. The van der Waals surface area contributed by atoms with Gasteiger partial charge >= 0.3 is 0 Å². The van der Waals surface area contributed by atoms with Crippen LogP contribution in [0, 0.1) is 5.92 Å². The van der Waals surface area contributed by atoms with E-state index in [1.165, 1.54) is 25.7 Å². The van der Waals surface area contributed by atoms with Crippen molar-refractivity contribution in [2.75, 3.05) is 39.3 Å². The van der Waals surface area contributed by atoms with Crippen molar-refractivity contribution in [3.63, 3.8) is 0 Å². The number of rotatable bonds is 5. The molecule has 7 nitrogen and oxygen atoms in total. The predicted octanol–water partition coefficient (Wildman–Crippen LogP) is 2.35. The lowest BCUT2D eigenvalue weighted by Crippen LogP contribution is -2.46. The van der Waals surface area contributed by atoms with Crippen LogP contribution in [-0.4, -0.2) is 72.9 Å². The van der Waals surface area contributed by atoms with Crippen LogP contribution in [0.5, 0.6) is 0 Å². The van der Waals surface area contributed by atoms with Crippen LogP contribution in [0.1, 0.15) is 64.7 Å². The summed E-state index contributed by atoms with van der Waals surface area (Å²) in [5.41, 5.74) is 0. The first-order chi connectivity index (χ1) is 13.7. The normalized spacial score (nSPS) is 23.5. The molecule has 1 saturated carbocycles. The minimum absolute atomic E-state index is 0. The molecule has 3 fully saturated rings. The van der Waals surface area contributed by atoms with E-state index in [1.54, 1.807) is 0 Å². The van der Waals surface area contributed by atoms with Gasteiger partial charge in [-0.15, -0.1) is 24.0 Å². The highest BCUT2D eigenvalue weighted by Crippen LogP contribution is 2.26. The molecule has 2 amide bonds. The van der Waals surface area contributed by atoms with E-state index in [1.807, 2.05) is 16.7 Å². The zero-order valence-corrected chi connectivity index (χ0v) is 20.2. The molecule has 0 aromatic carbocycles. The highest BCUT2D eigenvalue weighted by molar-refractivity contribution is 14.0. The maximum absolute atomic E-state index is 12.7. The third-order valence-electron chi connectivity index (χ3n) is 6.22. The fraction of sp³-hybridized carbons (Fsp3) is 0.857. The van der Waals surface area contributed by atoms with Gasteiger partial charge in [0, 0.05) is 44.7 Å². The molecule has 8 heteroatoms. The van der Waals surface area contributed by atoms with Gasteiger partial charge in [-0.2, -0.15) is 0 Å². The monoisotopic (exact) mass is 519 g/mol. The highest BCUT2D eigenvalue weighted by Gasteiger charge is 2.31. The van der Waals surface area contributed by atoms with E-state index >= 15 is 0 Å². The number of aliphatic imine (C=N–C) groups is 1. The number of piperidine rings is 1. The second-order valence-electron chi connectivity index (χ2n) is 8.39. The topological polar surface area (TPSA) is 77.0 Å². The summed E-state index contributed by atoms with van der Waals surface area (Å²) in [4.78, 5) is 33.6. The summed E-state index contributed by atoms with van der Waals surface area (Å²) >= 11 is 0. The lowest BCUT2D eigenvalue weighted by molar-refractivity contribution is -0.135. The van der Waals surface area contributed by atoms with E-state index in [4.69, 9.17) is 0 Å². The third kappa shape index (κ3) is 7.29. The number of amides is 2. The van der Waals surface area contributed by atoms with Gasteiger partial charge in [0.15, 0.2) is 5.96 Å². The van der Waals surface area contributed by atoms with Crippen molar-refractivity contribution in [3.8, 4) is 0 Å². The molecule has 29 heavy (non-hydrogen) atoms. The quantitative estimate of drug-likeness (QED) is 0.332. The Labute approximate surface area is 192 Å². The van der Waals surface area contributed by atoms with Crippen LogP contribution < -0.4 is 10.6 Å². The first kappa shape index (κ1) is 24.2. The number of nitrogens with one attached hydrogen (secondary N) is 2. The zero-order valence-electron chi connectivity index (χ0n) is 17.8. The summed E-state index contributed by atoms with van der Waals surface area (Å²) in [6.07, 6.45) is 10.1. The summed E-state index contributed by atoms with van der Waals surface area (Å²) in [6, 6.07) is 0.204. The molecule has 3 rings (SSSR count). The van der Waals surface area contributed by atoms with E-state index in [0.717, 1.165) is 64.8 Å². The molecule has 3 aliphatic rings. The fourth-order valence-corrected chi connectivity index (χ4v) is 4.59. The first-order valence-electron chi connectivity index (χ1n) is 11.3. The number of guanidine groups is 1. The summed E-state index contributed by atoms with van der Waals surface area (Å²) in [6.45, 7) is 6.24. The van der Waals surface area contributed by atoms with Gasteiger partial charge in [-0.25, -0.2) is 4.99 Å². The average molecular weight is 519 g/mol. The first-order valence-corrected chi connectivity index (χ1v) is 11.3. The maximum atomic E-state index is 12.7. The van der Waals surface area contributed by atoms with Crippen LogP contribution in [0.4, 0.5) is 0 Å². The molecule has 2 heterocycles. The molecule has 2 N–H and O–H groups in total. The van der Waals surface area contributed by atoms with Crippen molar-refractivity contribution in [2.24, 2.45) is 10.9 Å². The molecule has 0 bridgehead atoms. The van der Waals surface area contributed by atoms with Crippen LogP contribution in [0.2, 0.25) is 0 Å². The molecule has 0 aromatic rings. The summed E-state index contributed by atoms with van der Waals surface area (Å²) in [5.74, 6) is 1.37. The van der Waals surface area contributed by atoms with Crippen LogP contribution in [-0.2, 0) is 9.59 Å². The minimum atomic E-state index is 0. The largest absolute Gasteiger partial charge is 0.357 e. The van der Waals surface area contributed by atoms with Crippen LogP contribution in [0.25, 0.3) is 0 Å². The van der Waals surface area contributed by atoms with Gasteiger partial charge in [-0.3, -0.25) is 9.59 Å². The average Bonchev–Trinajstić information content (AvgIpc) is 3.21. The second kappa shape index (κ2) is 12.6. The zero-order chi connectivity index (χ0) is 19.8. The molecule has 0 spiro atoms. The van der Waals surface area contributed by atoms with Crippen molar-refractivity contribution in [1.29, 1.82) is 0 Å². The number of carbonyl (C=O) groups excluding carboxylic acids is 2. The number of hydrogen-bond donors (Lipinski definition) is 2. The molecule has 2 aliphatic heterocycles. The van der Waals surface area contributed by atoms with Crippen molar-refractivity contribution >= 4 is 41.8 Å². The molecule has 2 saturated heterocycles. The van der Waals surface area contributed by atoms with E-state index in [2.05, 4.69) is 15.6 Å².